The number of nitrogens with zero attached hydrogens (tertiary/aromatic N) is 4. The van der Waals surface area contributed by atoms with Crippen LogP contribution in [-0.2, 0) is 6.42 Å². The second-order valence-corrected chi connectivity index (χ2v) is 5.01. The van der Waals surface area contributed by atoms with Crippen molar-refractivity contribution in [2.75, 3.05) is 26.0 Å². The molecule has 0 fully saturated rings. The molecule has 1 aromatic carbocycles. The van der Waals surface area contributed by atoms with Gasteiger partial charge in [-0.3, -0.25) is 10.1 Å². The molecule has 0 spiro atoms. The van der Waals surface area contributed by atoms with Crippen LogP contribution in [0.5, 0.6) is 0 Å². The number of aromatic nitrogens is 2. The Labute approximate surface area is 125 Å². The second-order valence-electron chi connectivity index (χ2n) is 4.60. The number of rotatable bonds is 6. The zero-order valence-corrected chi connectivity index (χ0v) is 12.3. The zero-order valence-electron chi connectivity index (χ0n) is 11.5. The third-order valence-corrected chi connectivity index (χ3v) is 2.95. The van der Waals surface area contributed by atoms with Gasteiger partial charge in [-0.25, -0.2) is 0 Å². The molecule has 0 saturated carbocycles. The zero-order chi connectivity index (χ0) is 15.4. The van der Waals surface area contributed by atoms with E-state index in [1.54, 1.807) is 6.07 Å². The molecule has 0 bridgehead atoms. The minimum atomic E-state index is -0.552. The van der Waals surface area contributed by atoms with Gasteiger partial charge in [-0.15, -0.1) is 5.10 Å². The monoisotopic (exact) mass is 311 g/mol. The van der Waals surface area contributed by atoms with E-state index in [9.17, 15) is 10.1 Å². The largest absolute Gasteiger partial charge is 0.408 e. The van der Waals surface area contributed by atoms with Crippen LogP contribution in [0.1, 0.15) is 5.89 Å². The van der Waals surface area contributed by atoms with Crippen molar-refractivity contribution >= 4 is 29.0 Å². The minimum absolute atomic E-state index is 0.0720. The van der Waals surface area contributed by atoms with Crippen molar-refractivity contribution in [3.63, 3.8) is 0 Å². The lowest BCUT2D eigenvalue weighted by Crippen LogP contribution is -2.15. The van der Waals surface area contributed by atoms with Crippen molar-refractivity contribution in [3.8, 4) is 0 Å². The molecular weight excluding hydrogens is 298 g/mol. The Hall–Kier alpha value is -2.19. The smallest absolute Gasteiger partial charge is 0.320 e. The molecule has 2 aromatic rings. The van der Waals surface area contributed by atoms with Gasteiger partial charge in [0, 0.05) is 24.7 Å². The molecule has 1 heterocycles. The molecule has 1 aromatic heterocycles. The number of nitro groups is 1. The summed E-state index contributed by atoms with van der Waals surface area (Å²) in [5.74, 6) is 0.495. The molecular formula is C12H14ClN5O3. The van der Waals surface area contributed by atoms with Crippen LogP contribution in [0.25, 0.3) is 0 Å². The predicted octanol–water partition coefficient (Wildman–Crippen LogP) is 2.48. The summed E-state index contributed by atoms with van der Waals surface area (Å²) in [5, 5.41) is 21.4. The van der Waals surface area contributed by atoms with E-state index >= 15 is 0 Å². The van der Waals surface area contributed by atoms with Gasteiger partial charge in [0.25, 0.3) is 5.69 Å². The Morgan fingerprint density at radius 1 is 1.43 bits per heavy atom. The summed E-state index contributed by atoms with van der Waals surface area (Å²) in [6.45, 7) is 0.786. The standard InChI is InChI=1S/C12H14ClN5O3/c1-17(2)6-5-11-15-16-12(21-11)14-8-3-4-9(13)10(7-8)18(19)20/h3-4,7H,5-6H2,1-2H3,(H,14,16). The molecule has 0 saturated heterocycles. The van der Waals surface area contributed by atoms with Gasteiger partial charge in [0.2, 0.25) is 5.89 Å². The maximum atomic E-state index is 10.8. The minimum Gasteiger partial charge on any atom is -0.408 e. The third kappa shape index (κ3) is 4.14. The quantitative estimate of drug-likeness (QED) is 0.646. The second kappa shape index (κ2) is 6.51. The first-order valence-electron chi connectivity index (χ1n) is 6.14. The summed E-state index contributed by atoms with van der Waals surface area (Å²) in [7, 11) is 3.89. The molecule has 0 atom stereocenters. The Morgan fingerprint density at radius 3 is 2.86 bits per heavy atom. The van der Waals surface area contributed by atoms with Crippen molar-refractivity contribution in [1.82, 2.24) is 15.1 Å². The highest BCUT2D eigenvalue weighted by molar-refractivity contribution is 6.32. The van der Waals surface area contributed by atoms with Crippen LogP contribution in [0.15, 0.2) is 22.6 Å². The van der Waals surface area contributed by atoms with Gasteiger partial charge >= 0.3 is 6.01 Å². The number of likely N-dealkylation sites (N-methyl/N-ethyl adjacent to an activating group) is 1. The average molecular weight is 312 g/mol. The van der Waals surface area contributed by atoms with Gasteiger partial charge in [0.05, 0.1) is 4.92 Å². The molecule has 2 rings (SSSR count). The molecule has 0 aliphatic carbocycles. The lowest BCUT2D eigenvalue weighted by Gasteiger charge is -2.05. The van der Waals surface area contributed by atoms with Gasteiger partial charge in [0.15, 0.2) is 0 Å². The van der Waals surface area contributed by atoms with Crippen LogP contribution in [-0.4, -0.2) is 40.7 Å². The highest BCUT2D eigenvalue weighted by Gasteiger charge is 2.14. The molecule has 21 heavy (non-hydrogen) atoms. The predicted molar refractivity (Wildman–Crippen MR) is 77.9 cm³/mol. The van der Waals surface area contributed by atoms with Crippen LogP contribution >= 0.6 is 11.6 Å². The van der Waals surface area contributed by atoms with Gasteiger partial charge in [-0.05, 0) is 26.2 Å². The fourth-order valence-corrected chi connectivity index (χ4v) is 1.76. The molecule has 8 nitrogen and oxygen atoms in total. The van der Waals surface area contributed by atoms with Crippen LogP contribution in [0.3, 0.4) is 0 Å². The van der Waals surface area contributed by atoms with Crippen molar-refractivity contribution in [3.05, 3.63) is 39.2 Å². The SMILES string of the molecule is CN(C)CCc1nnc(Nc2ccc(Cl)c([N+](=O)[O-])c2)o1. The van der Waals surface area contributed by atoms with Crippen molar-refractivity contribution in [1.29, 1.82) is 0 Å². The fraction of sp³-hybridized carbons (Fsp3) is 0.333. The molecule has 0 radical (unpaired) electrons. The highest BCUT2D eigenvalue weighted by Crippen LogP contribution is 2.28. The Morgan fingerprint density at radius 2 is 2.19 bits per heavy atom. The first kappa shape index (κ1) is 15.2. The molecule has 0 aliphatic heterocycles. The van der Waals surface area contributed by atoms with Crippen LogP contribution in [0.2, 0.25) is 5.02 Å². The lowest BCUT2D eigenvalue weighted by molar-refractivity contribution is -0.384. The number of nitrogens with one attached hydrogen (secondary N) is 1. The summed E-state index contributed by atoms with van der Waals surface area (Å²) >= 11 is 5.74. The number of benzene rings is 1. The van der Waals surface area contributed by atoms with E-state index in [1.165, 1.54) is 12.1 Å². The molecule has 0 aliphatic rings. The number of hydrogen-bond acceptors (Lipinski definition) is 7. The number of hydrogen-bond donors (Lipinski definition) is 1. The van der Waals surface area contributed by atoms with Gasteiger partial charge in [0.1, 0.15) is 5.02 Å². The van der Waals surface area contributed by atoms with E-state index in [1.807, 2.05) is 19.0 Å². The summed E-state index contributed by atoms with van der Waals surface area (Å²) in [6, 6.07) is 4.52. The van der Waals surface area contributed by atoms with E-state index in [2.05, 4.69) is 15.5 Å². The maximum absolute atomic E-state index is 10.8. The Balaban J connectivity index is 2.08. The van der Waals surface area contributed by atoms with Crippen LogP contribution in [0, 0.1) is 10.1 Å². The maximum Gasteiger partial charge on any atom is 0.320 e. The number of halogens is 1. The summed E-state index contributed by atoms with van der Waals surface area (Å²) in [6.07, 6.45) is 0.627. The fourth-order valence-electron chi connectivity index (χ4n) is 1.58. The Kier molecular flexibility index (Phi) is 4.71. The third-order valence-electron chi connectivity index (χ3n) is 2.63. The number of anilines is 2. The highest BCUT2D eigenvalue weighted by atomic mass is 35.5. The summed E-state index contributed by atoms with van der Waals surface area (Å²) in [5.41, 5.74) is 0.267. The molecule has 1 N–H and O–H groups in total. The normalized spacial score (nSPS) is 10.9. The van der Waals surface area contributed by atoms with Crippen molar-refractivity contribution in [2.45, 2.75) is 6.42 Å². The van der Waals surface area contributed by atoms with Crippen LogP contribution < -0.4 is 5.32 Å². The van der Waals surface area contributed by atoms with E-state index < -0.39 is 4.92 Å². The molecule has 0 amide bonds. The number of nitro benzene ring substituents is 1. The molecule has 0 unspecified atom stereocenters. The van der Waals surface area contributed by atoms with Gasteiger partial charge in [-0.2, -0.15) is 0 Å². The van der Waals surface area contributed by atoms with Gasteiger partial charge in [-0.1, -0.05) is 16.7 Å². The molecule has 9 heteroatoms. The molecule has 112 valence electrons. The Bertz CT molecular complexity index is 644. The van der Waals surface area contributed by atoms with Crippen LogP contribution in [0.4, 0.5) is 17.4 Å². The lowest BCUT2D eigenvalue weighted by atomic mass is 10.3. The van der Waals surface area contributed by atoms with E-state index in [0.29, 0.717) is 18.0 Å². The van der Waals surface area contributed by atoms with Crippen molar-refractivity contribution in [2.24, 2.45) is 0 Å². The van der Waals surface area contributed by atoms with Crippen molar-refractivity contribution < 1.29 is 9.34 Å². The van der Waals surface area contributed by atoms with E-state index in [-0.39, 0.29) is 16.7 Å². The summed E-state index contributed by atoms with van der Waals surface area (Å²) < 4.78 is 5.41. The van der Waals surface area contributed by atoms with E-state index in [0.717, 1.165) is 6.54 Å². The summed E-state index contributed by atoms with van der Waals surface area (Å²) in [4.78, 5) is 12.3. The first-order valence-corrected chi connectivity index (χ1v) is 6.51. The average Bonchev–Trinajstić information content (AvgIpc) is 2.86. The van der Waals surface area contributed by atoms with E-state index in [4.69, 9.17) is 16.0 Å². The van der Waals surface area contributed by atoms with Gasteiger partial charge < -0.3 is 14.6 Å². The topological polar surface area (TPSA) is 97.3 Å². The first-order chi connectivity index (χ1) is 9.95.